The van der Waals surface area contributed by atoms with Gasteiger partial charge in [-0.05, 0) is 12.1 Å². The van der Waals surface area contributed by atoms with Gasteiger partial charge in [0, 0.05) is 24.7 Å². The molecule has 19 heavy (non-hydrogen) atoms. The number of rotatable bonds is 4. The first kappa shape index (κ1) is 13.5. The normalized spacial score (nSPS) is 11.8. The summed E-state index contributed by atoms with van der Waals surface area (Å²) in [5.74, 6) is 0.188. The maximum absolute atomic E-state index is 12.1. The van der Waals surface area contributed by atoms with Gasteiger partial charge < -0.3 is 10.3 Å². The Morgan fingerprint density at radius 2 is 2.11 bits per heavy atom. The third-order valence-corrected chi connectivity index (χ3v) is 2.37. The van der Waals surface area contributed by atoms with Gasteiger partial charge in [-0.2, -0.15) is 18.2 Å². The summed E-state index contributed by atoms with van der Waals surface area (Å²) >= 11 is 0. The minimum Gasteiger partial charge on any atom is -0.334 e. The second-order valence-corrected chi connectivity index (χ2v) is 3.87. The lowest BCUT2D eigenvalue weighted by atomic mass is 10.2. The molecule has 0 unspecified atom stereocenters. The van der Waals surface area contributed by atoms with Crippen molar-refractivity contribution in [3.8, 4) is 11.5 Å². The Balaban J connectivity index is 2.12. The first-order chi connectivity index (χ1) is 8.98. The van der Waals surface area contributed by atoms with Crippen LogP contribution in [0.3, 0.4) is 0 Å². The van der Waals surface area contributed by atoms with Crippen LogP contribution in [0, 0.1) is 0 Å². The summed E-state index contributed by atoms with van der Waals surface area (Å²) in [4.78, 5) is 7.91. The van der Waals surface area contributed by atoms with Crippen molar-refractivity contribution in [3.05, 3.63) is 29.8 Å². The van der Waals surface area contributed by atoms with E-state index in [1.807, 2.05) is 0 Å². The maximum atomic E-state index is 12.1. The van der Waals surface area contributed by atoms with Gasteiger partial charge in [0.25, 0.3) is 5.89 Å². The summed E-state index contributed by atoms with van der Waals surface area (Å²) < 4.78 is 41.1. The summed E-state index contributed by atoms with van der Waals surface area (Å²) in [7, 11) is 0. The number of aryl methyl sites for hydroxylation is 1. The van der Waals surface area contributed by atoms with Crippen molar-refractivity contribution < 1.29 is 17.7 Å². The van der Waals surface area contributed by atoms with Crippen LogP contribution < -0.4 is 5.73 Å². The SMILES string of the molecule is NCc1cc(-c2nc(CCC(F)(F)F)no2)ccn1. The van der Waals surface area contributed by atoms with E-state index in [0.717, 1.165) is 0 Å². The third-order valence-electron chi connectivity index (χ3n) is 2.37. The minimum atomic E-state index is -4.23. The largest absolute Gasteiger partial charge is 0.389 e. The Hall–Kier alpha value is -1.96. The summed E-state index contributed by atoms with van der Waals surface area (Å²) in [6.45, 7) is 0.253. The molecule has 2 aromatic heterocycles. The maximum Gasteiger partial charge on any atom is 0.389 e. The number of nitrogens with zero attached hydrogens (tertiary/aromatic N) is 3. The number of hydrogen-bond donors (Lipinski definition) is 1. The molecule has 2 N–H and O–H groups in total. The Morgan fingerprint density at radius 1 is 1.32 bits per heavy atom. The van der Waals surface area contributed by atoms with Gasteiger partial charge in [0.15, 0.2) is 5.82 Å². The molecule has 0 spiro atoms. The smallest absolute Gasteiger partial charge is 0.334 e. The second-order valence-electron chi connectivity index (χ2n) is 3.87. The summed E-state index contributed by atoms with van der Waals surface area (Å²) in [5.41, 5.74) is 6.66. The molecule has 102 valence electrons. The molecular formula is C11H11F3N4O. The first-order valence-corrected chi connectivity index (χ1v) is 5.52. The van der Waals surface area contributed by atoms with Crippen LogP contribution in [0.1, 0.15) is 17.9 Å². The monoisotopic (exact) mass is 272 g/mol. The molecule has 0 bridgehead atoms. The molecule has 0 saturated heterocycles. The second kappa shape index (κ2) is 5.35. The molecule has 0 amide bonds. The fourth-order valence-electron chi connectivity index (χ4n) is 1.45. The quantitative estimate of drug-likeness (QED) is 0.922. The number of alkyl halides is 3. The van der Waals surface area contributed by atoms with E-state index in [4.69, 9.17) is 10.3 Å². The van der Waals surface area contributed by atoms with E-state index in [2.05, 4.69) is 15.1 Å². The molecule has 0 saturated carbocycles. The number of pyridine rings is 1. The van der Waals surface area contributed by atoms with Crippen LogP contribution in [-0.4, -0.2) is 21.3 Å². The van der Waals surface area contributed by atoms with Gasteiger partial charge in [-0.15, -0.1) is 0 Å². The zero-order valence-electron chi connectivity index (χ0n) is 9.81. The van der Waals surface area contributed by atoms with Gasteiger partial charge in [0.05, 0.1) is 12.1 Å². The number of hydrogen-bond acceptors (Lipinski definition) is 5. The molecule has 2 aromatic rings. The third kappa shape index (κ3) is 3.75. The van der Waals surface area contributed by atoms with Crippen LogP contribution in [0.5, 0.6) is 0 Å². The number of nitrogens with two attached hydrogens (primary N) is 1. The zero-order chi connectivity index (χ0) is 13.9. The van der Waals surface area contributed by atoms with Gasteiger partial charge in [-0.3, -0.25) is 4.98 Å². The van der Waals surface area contributed by atoms with Crippen molar-refractivity contribution >= 4 is 0 Å². The topological polar surface area (TPSA) is 77.8 Å². The van der Waals surface area contributed by atoms with E-state index in [-0.39, 0.29) is 24.7 Å². The van der Waals surface area contributed by atoms with Crippen molar-refractivity contribution in [1.29, 1.82) is 0 Å². The summed E-state index contributed by atoms with van der Waals surface area (Å²) in [5, 5.41) is 3.51. The fourth-order valence-corrected chi connectivity index (χ4v) is 1.45. The molecule has 0 aliphatic carbocycles. The van der Waals surface area contributed by atoms with E-state index >= 15 is 0 Å². The molecule has 0 atom stereocenters. The highest BCUT2D eigenvalue weighted by molar-refractivity contribution is 5.52. The van der Waals surface area contributed by atoms with Gasteiger partial charge in [-0.25, -0.2) is 0 Å². The van der Waals surface area contributed by atoms with Gasteiger partial charge >= 0.3 is 6.18 Å². The molecule has 2 heterocycles. The highest BCUT2D eigenvalue weighted by atomic mass is 19.4. The van der Waals surface area contributed by atoms with Gasteiger partial charge in [0.1, 0.15) is 0 Å². The molecule has 2 rings (SSSR count). The molecule has 5 nitrogen and oxygen atoms in total. The predicted octanol–water partition coefficient (Wildman–Crippen LogP) is 2.09. The van der Waals surface area contributed by atoms with Crippen LogP contribution in [0.2, 0.25) is 0 Å². The van der Waals surface area contributed by atoms with Gasteiger partial charge in [0.2, 0.25) is 0 Å². The van der Waals surface area contributed by atoms with E-state index in [1.165, 1.54) is 6.20 Å². The van der Waals surface area contributed by atoms with E-state index < -0.39 is 12.6 Å². The molecular weight excluding hydrogens is 261 g/mol. The van der Waals surface area contributed by atoms with Gasteiger partial charge in [-0.1, -0.05) is 5.16 Å². The summed E-state index contributed by atoms with van der Waals surface area (Å²) in [6.07, 6.45) is -3.99. The van der Waals surface area contributed by atoms with E-state index in [9.17, 15) is 13.2 Å². The van der Waals surface area contributed by atoms with Crippen LogP contribution in [-0.2, 0) is 13.0 Å². The van der Waals surface area contributed by atoms with E-state index in [0.29, 0.717) is 11.3 Å². The Kier molecular flexibility index (Phi) is 3.79. The molecule has 0 aliphatic rings. The fraction of sp³-hybridized carbons (Fsp3) is 0.364. The predicted molar refractivity (Wildman–Crippen MR) is 59.8 cm³/mol. The lowest BCUT2D eigenvalue weighted by Gasteiger charge is -2.01. The van der Waals surface area contributed by atoms with Crippen molar-refractivity contribution in [3.63, 3.8) is 0 Å². The van der Waals surface area contributed by atoms with Crippen LogP contribution in [0.4, 0.5) is 13.2 Å². The van der Waals surface area contributed by atoms with Crippen molar-refractivity contribution in [2.75, 3.05) is 0 Å². The van der Waals surface area contributed by atoms with Crippen molar-refractivity contribution in [1.82, 2.24) is 15.1 Å². The number of halogens is 3. The van der Waals surface area contributed by atoms with Crippen LogP contribution in [0.25, 0.3) is 11.5 Å². The Bertz CT molecular complexity index is 553. The summed E-state index contributed by atoms with van der Waals surface area (Å²) in [6, 6.07) is 3.28. The molecule has 8 heteroatoms. The van der Waals surface area contributed by atoms with Crippen LogP contribution >= 0.6 is 0 Å². The molecule has 0 radical (unpaired) electrons. The number of aromatic nitrogens is 3. The lowest BCUT2D eigenvalue weighted by Crippen LogP contribution is -2.09. The Labute approximate surface area is 106 Å². The molecule has 0 aliphatic heterocycles. The first-order valence-electron chi connectivity index (χ1n) is 5.52. The standard InChI is InChI=1S/C11H11F3N4O/c12-11(13,14)3-1-9-17-10(19-18-9)7-2-4-16-8(5-7)6-15/h2,4-5H,1,3,6,15H2. The lowest BCUT2D eigenvalue weighted by molar-refractivity contribution is -0.134. The zero-order valence-corrected chi connectivity index (χ0v) is 9.81. The highest BCUT2D eigenvalue weighted by Gasteiger charge is 2.27. The molecule has 0 fully saturated rings. The van der Waals surface area contributed by atoms with E-state index in [1.54, 1.807) is 12.1 Å². The van der Waals surface area contributed by atoms with Crippen molar-refractivity contribution in [2.24, 2.45) is 5.73 Å². The average Bonchev–Trinajstić information content (AvgIpc) is 2.84. The van der Waals surface area contributed by atoms with Crippen LogP contribution in [0.15, 0.2) is 22.9 Å². The average molecular weight is 272 g/mol. The Morgan fingerprint density at radius 3 is 2.79 bits per heavy atom. The van der Waals surface area contributed by atoms with Crippen molar-refractivity contribution in [2.45, 2.75) is 25.6 Å². The highest BCUT2D eigenvalue weighted by Crippen LogP contribution is 2.22. The minimum absolute atomic E-state index is 0.0263. The molecule has 0 aromatic carbocycles.